The molecule has 0 bridgehead atoms. The van der Waals surface area contributed by atoms with E-state index in [0.29, 0.717) is 5.54 Å². The summed E-state index contributed by atoms with van der Waals surface area (Å²) in [7, 11) is 2.26. The molecule has 0 aliphatic carbocycles. The van der Waals surface area contributed by atoms with E-state index >= 15 is 0 Å². The predicted molar refractivity (Wildman–Crippen MR) is 58.0 cm³/mol. The summed E-state index contributed by atoms with van der Waals surface area (Å²) in [6, 6.07) is 0.742. The summed E-state index contributed by atoms with van der Waals surface area (Å²) >= 11 is 0. The van der Waals surface area contributed by atoms with Crippen molar-refractivity contribution in [3.05, 3.63) is 0 Å². The van der Waals surface area contributed by atoms with Crippen LogP contribution in [0.1, 0.15) is 40.0 Å². The van der Waals surface area contributed by atoms with Gasteiger partial charge in [0.15, 0.2) is 0 Å². The SMILES string of the molecule is CCC1CNC(CC)(CC)CN1C. The van der Waals surface area contributed by atoms with Crippen molar-refractivity contribution in [1.82, 2.24) is 10.2 Å². The highest BCUT2D eigenvalue weighted by Gasteiger charge is 2.33. The first-order valence-electron chi connectivity index (χ1n) is 5.62. The smallest absolute Gasteiger partial charge is 0.0304 e. The van der Waals surface area contributed by atoms with Gasteiger partial charge in [0.2, 0.25) is 0 Å². The second-order valence-electron chi connectivity index (χ2n) is 4.35. The molecule has 13 heavy (non-hydrogen) atoms. The van der Waals surface area contributed by atoms with Crippen LogP contribution in [0, 0.1) is 0 Å². The molecule has 2 heteroatoms. The van der Waals surface area contributed by atoms with E-state index in [1.165, 1.54) is 25.8 Å². The van der Waals surface area contributed by atoms with Gasteiger partial charge in [0.1, 0.15) is 0 Å². The summed E-state index contributed by atoms with van der Waals surface area (Å²) in [6.07, 6.45) is 3.74. The van der Waals surface area contributed by atoms with E-state index in [1.54, 1.807) is 0 Å². The lowest BCUT2D eigenvalue weighted by Crippen LogP contribution is -2.62. The van der Waals surface area contributed by atoms with Crippen LogP contribution in [-0.2, 0) is 0 Å². The molecule has 1 aliphatic rings. The maximum atomic E-state index is 3.72. The third-order valence-electron chi connectivity index (χ3n) is 3.71. The van der Waals surface area contributed by atoms with Gasteiger partial charge in [-0.15, -0.1) is 0 Å². The molecule has 1 rings (SSSR count). The molecule has 1 atom stereocenters. The topological polar surface area (TPSA) is 15.3 Å². The molecule has 0 aromatic carbocycles. The maximum Gasteiger partial charge on any atom is 0.0304 e. The lowest BCUT2D eigenvalue weighted by molar-refractivity contribution is 0.0939. The highest BCUT2D eigenvalue weighted by molar-refractivity contribution is 4.95. The van der Waals surface area contributed by atoms with Gasteiger partial charge in [0.25, 0.3) is 0 Å². The summed E-state index contributed by atoms with van der Waals surface area (Å²) in [4.78, 5) is 2.52. The summed E-state index contributed by atoms with van der Waals surface area (Å²) in [6.45, 7) is 9.22. The van der Waals surface area contributed by atoms with Gasteiger partial charge < -0.3 is 10.2 Å². The van der Waals surface area contributed by atoms with Gasteiger partial charge in [-0.25, -0.2) is 0 Å². The molecule has 1 fully saturated rings. The second-order valence-corrected chi connectivity index (χ2v) is 4.35. The van der Waals surface area contributed by atoms with E-state index in [0.717, 1.165) is 12.6 Å². The zero-order chi connectivity index (χ0) is 9.90. The van der Waals surface area contributed by atoms with Crippen molar-refractivity contribution >= 4 is 0 Å². The first kappa shape index (κ1) is 11.0. The second kappa shape index (κ2) is 4.43. The van der Waals surface area contributed by atoms with Crippen LogP contribution in [0.5, 0.6) is 0 Å². The van der Waals surface area contributed by atoms with Crippen LogP contribution >= 0.6 is 0 Å². The predicted octanol–water partition coefficient (Wildman–Crippen LogP) is 1.86. The Hall–Kier alpha value is -0.0800. The fraction of sp³-hybridized carbons (Fsp3) is 1.00. The summed E-state index contributed by atoms with van der Waals surface area (Å²) < 4.78 is 0. The van der Waals surface area contributed by atoms with E-state index < -0.39 is 0 Å². The lowest BCUT2D eigenvalue weighted by atomic mass is 9.88. The minimum atomic E-state index is 0.389. The maximum absolute atomic E-state index is 3.72. The van der Waals surface area contributed by atoms with E-state index in [2.05, 4.69) is 38.0 Å². The van der Waals surface area contributed by atoms with E-state index in [9.17, 15) is 0 Å². The Morgan fingerprint density at radius 2 is 1.92 bits per heavy atom. The van der Waals surface area contributed by atoms with Crippen molar-refractivity contribution in [1.29, 1.82) is 0 Å². The standard InChI is InChI=1S/C11H24N2/c1-5-10-8-12-11(6-2,7-3)9-13(10)4/h10,12H,5-9H2,1-4H3. The first-order chi connectivity index (χ1) is 6.17. The molecule has 2 nitrogen and oxygen atoms in total. The van der Waals surface area contributed by atoms with Crippen LogP contribution in [0.2, 0.25) is 0 Å². The summed E-state index contributed by atoms with van der Waals surface area (Å²) in [5.41, 5.74) is 0.389. The Kier molecular flexibility index (Phi) is 3.74. The number of nitrogens with one attached hydrogen (secondary N) is 1. The summed E-state index contributed by atoms with van der Waals surface area (Å²) in [5, 5.41) is 3.72. The Balaban J connectivity index is 2.57. The van der Waals surface area contributed by atoms with Crippen molar-refractivity contribution in [2.75, 3.05) is 20.1 Å². The Labute approximate surface area is 82.7 Å². The fourth-order valence-corrected chi connectivity index (χ4v) is 2.33. The molecule has 0 radical (unpaired) electrons. The highest BCUT2D eigenvalue weighted by atomic mass is 15.2. The summed E-state index contributed by atoms with van der Waals surface area (Å²) in [5.74, 6) is 0. The Morgan fingerprint density at radius 1 is 1.31 bits per heavy atom. The van der Waals surface area contributed by atoms with Crippen LogP contribution in [0.3, 0.4) is 0 Å². The molecular formula is C11H24N2. The largest absolute Gasteiger partial charge is 0.308 e. The van der Waals surface area contributed by atoms with Gasteiger partial charge in [-0.05, 0) is 26.3 Å². The monoisotopic (exact) mass is 184 g/mol. The molecule has 0 aromatic rings. The molecule has 0 saturated carbocycles. The number of nitrogens with zero attached hydrogens (tertiary/aromatic N) is 1. The van der Waals surface area contributed by atoms with Crippen molar-refractivity contribution in [2.45, 2.75) is 51.6 Å². The van der Waals surface area contributed by atoms with Gasteiger partial charge in [-0.3, -0.25) is 0 Å². The van der Waals surface area contributed by atoms with Crippen molar-refractivity contribution in [3.8, 4) is 0 Å². The van der Waals surface area contributed by atoms with Gasteiger partial charge in [0.05, 0.1) is 0 Å². The van der Waals surface area contributed by atoms with Crippen molar-refractivity contribution < 1.29 is 0 Å². The molecule has 0 spiro atoms. The van der Waals surface area contributed by atoms with E-state index in [4.69, 9.17) is 0 Å². The number of rotatable bonds is 3. The van der Waals surface area contributed by atoms with Crippen LogP contribution in [0.4, 0.5) is 0 Å². The molecule has 0 amide bonds. The molecular weight excluding hydrogens is 160 g/mol. The molecule has 1 heterocycles. The van der Waals surface area contributed by atoms with E-state index in [-0.39, 0.29) is 0 Å². The fourth-order valence-electron chi connectivity index (χ4n) is 2.33. The molecule has 78 valence electrons. The number of hydrogen-bond donors (Lipinski definition) is 1. The number of hydrogen-bond acceptors (Lipinski definition) is 2. The normalized spacial score (nSPS) is 29.1. The van der Waals surface area contributed by atoms with Crippen LogP contribution in [0.25, 0.3) is 0 Å². The molecule has 1 N–H and O–H groups in total. The minimum absolute atomic E-state index is 0.389. The average Bonchev–Trinajstić information content (AvgIpc) is 2.17. The van der Waals surface area contributed by atoms with Crippen LogP contribution < -0.4 is 5.32 Å². The number of piperazine rings is 1. The van der Waals surface area contributed by atoms with Crippen LogP contribution in [-0.4, -0.2) is 36.6 Å². The molecule has 1 saturated heterocycles. The van der Waals surface area contributed by atoms with Crippen LogP contribution in [0.15, 0.2) is 0 Å². The Morgan fingerprint density at radius 3 is 2.31 bits per heavy atom. The highest BCUT2D eigenvalue weighted by Crippen LogP contribution is 2.22. The third-order valence-corrected chi connectivity index (χ3v) is 3.71. The van der Waals surface area contributed by atoms with Crippen molar-refractivity contribution in [3.63, 3.8) is 0 Å². The van der Waals surface area contributed by atoms with Gasteiger partial charge in [-0.2, -0.15) is 0 Å². The van der Waals surface area contributed by atoms with E-state index in [1.807, 2.05) is 0 Å². The third kappa shape index (κ3) is 2.23. The first-order valence-corrected chi connectivity index (χ1v) is 5.62. The molecule has 0 aromatic heterocycles. The van der Waals surface area contributed by atoms with Gasteiger partial charge in [-0.1, -0.05) is 20.8 Å². The lowest BCUT2D eigenvalue weighted by Gasteiger charge is -2.46. The molecule has 1 aliphatic heterocycles. The number of likely N-dealkylation sites (N-methyl/N-ethyl adjacent to an activating group) is 1. The van der Waals surface area contributed by atoms with Crippen molar-refractivity contribution in [2.24, 2.45) is 0 Å². The quantitative estimate of drug-likeness (QED) is 0.720. The van der Waals surface area contributed by atoms with Gasteiger partial charge >= 0.3 is 0 Å². The zero-order valence-electron chi connectivity index (χ0n) is 9.56. The van der Waals surface area contributed by atoms with Gasteiger partial charge in [0, 0.05) is 24.7 Å². The average molecular weight is 184 g/mol. The minimum Gasteiger partial charge on any atom is -0.308 e. The zero-order valence-corrected chi connectivity index (χ0v) is 9.56. The Bertz CT molecular complexity index is 152. The molecule has 1 unspecified atom stereocenters.